The molecule has 4 heterocycles. The number of nitrogens with two attached hydrogens (primary N) is 2. The Morgan fingerprint density at radius 3 is 1.90 bits per heavy atom. The first-order valence-electron chi connectivity index (χ1n) is 29.6. The van der Waals surface area contributed by atoms with Crippen LogP contribution in [0.5, 0.6) is 0 Å². The summed E-state index contributed by atoms with van der Waals surface area (Å²) in [6.07, 6.45) is 6.91. The second-order valence-electron chi connectivity index (χ2n) is 22.6. The third-order valence-electron chi connectivity index (χ3n) is 15.7. The molecule has 0 aromatic carbocycles. The van der Waals surface area contributed by atoms with Crippen LogP contribution in [0.1, 0.15) is 98.3 Å². The van der Waals surface area contributed by atoms with Crippen LogP contribution in [0.15, 0.2) is 85.1 Å². The molecule has 1 amide bonds. The molecule has 15 N–H and O–H groups in total. The maximum atomic E-state index is 14.3. The highest BCUT2D eigenvalue weighted by molar-refractivity contribution is 5.80. The number of hydrogen-bond donors (Lipinski definition) is 13. The molecule has 0 aromatic heterocycles. The lowest BCUT2D eigenvalue weighted by atomic mass is 9.82. The Morgan fingerprint density at radius 2 is 1.29 bits per heavy atom. The number of hydrogen-bond acceptors (Lipinski definition) is 21. The molecule has 82 heavy (non-hydrogen) atoms. The largest absolute Gasteiger partial charge is 0.462 e. The first-order valence-corrected chi connectivity index (χ1v) is 29.6. The minimum atomic E-state index is -2.29. The molecule has 2 bridgehead atoms. The van der Waals surface area contributed by atoms with E-state index >= 15 is 0 Å². The Balaban J connectivity index is 1.66. The molecule has 22 heteroatoms. The predicted octanol–water partition coefficient (Wildman–Crippen LogP) is 0.507. The van der Waals surface area contributed by atoms with Gasteiger partial charge in [0, 0.05) is 57.2 Å². The number of morpholine rings is 1. The van der Waals surface area contributed by atoms with Crippen molar-refractivity contribution in [3.05, 3.63) is 85.1 Å². The average Bonchev–Trinajstić information content (AvgIpc) is 2.84. The summed E-state index contributed by atoms with van der Waals surface area (Å²) in [5, 5.41) is 116. The number of aliphatic hydroxyl groups excluding tert-OH is 9. The number of allylic oxidation sites excluding steroid dienone is 12. The number of nitrogens with zero attached hydrogens (tertiary/aromatic N) is 2. The number of fused-ring (bicyclic) bond motifs is 2. The van der Waals surface area contributed by atoms with Gasteiger partial charge in [-0.05, 0) is 85.1 Å². The summed E-state index contributed by atoms with van der Waals surface area (Å²) in [4.78, 5) is 31.2. The monoisotopic (exact) mass is 1160 g/mol. The number of esters is 1. The van der Waals surface area contributed by atoms with Gasteiger partial charge < -0.3 is 91.5 Å². The van der Waals surface area contributed by atoms with Crippen LogP contribution in [-0.2, 0) is 33.3 Å². The van der Waals surface area contributed by atoms with Crippen molar-refractivity contribution < 1.29 is 84.3 Å². The highest BCUT2D eigenvalue weighted by Gasteiger charge is 2.51. The molecule has 4 aliphatic heterocycles. The minimum Gasteiger partial charge on any atom is -0.462 e. The van der Waals surface area contributed by atoms with Crippen LogP contribution >= 0.6 is 0 Å². The standard InChI is InChI=1S/C60H101N5O17/c1-40-20-15-13-11-9-7-5-6-8-10-12-14-16-21-47(81-59-57(75)54(56(74)43(4)80-59)65(28-17-24-61)29-18-25-62)37-51-53(58(76)63-26-19-27-64-30-32-78-33-31-64)50(71)39-60(77,82-51)38-46(68)35-49(70)48(69)23-22-44(66)34-45(67)36-52(72)79-42(3)41(2)55(40)73/h5-16,20-21,40-51,53-57,59,66-71,73-75,77H,17-19,22-39,61-62H2,1-4H3,(H,63,76)/b6-5+,9-7+,10-8+,13-11+,14-12+,20-15+,21-16+/t40-,41-,42-,43+,44+,45+,46-,47-,48+,49+,50-,51?,53+,54-,55+,56+,57-,59-,60+/m0/s1. The van der Waals surface area contributed by atoms with Crippen LogP contribution in [0, 0.1) is 17.8 Å². The van der Waals surface area contributed by atoms with Gasteiger partial charge in [-0.15, -0.1) is 0 Å². The molecule has 0 saturated carbocycles. The van der Waals surface area contributed by atoms with Gasteiger partial charge in [0.2, 0.25) is 5.91 Å². The van der Waals surface area contributed by atoms with Gasteiger partial charge in [0.15, 0.2) is 12.1 Å². The van der Waals surface area contributed by atoms with E-state index in [1.54, 1.807) is 51.2 Å². The van der Waals surface area contributed by atoms with Crippen molar-refractivity contribution in [1.82, 2.24) is 15.1 Å². The minimum absolute atomic E-state index is 0.0976. The van der Waals surface area contributed by atoms with Gasteiger partial charge in [0.1, 0.15) is 12.2 Å². The number of nitrogens with one attached hydrogen (secondary N) is 1. The van der Waals surface area contributed by atoms with Gasteiger partial charge in [0.05, 0.1) is 98.7 Å². The van der Waals surface area contributed by atoms with Crippen LogP contribution in [-0.4, -0.2) is 236 Å². The zero-order chi connectivity index (χ0) is 60.2. The Bertz CT molecular complexity index is 2030. The normalized spacial score (nSPS) is 39.9. The maximum Gasteiger partial charge on any atom is 0.308 e. The quantitative estimate of drug-likeness (QED) is 0.0832. The van der Waals surface area contributed by atoms with E-state index in [2.05, 4.69) is 10.2 Å². The highest BCUT2D eigenvalue weighted by Crippen LogP contribution is 2.39. The Morgan fingerprint density at radius 1 is 0.695 bits per heavy atom. The number of ether oxygens (including phenoxy) is 5. The molecule has 19 atom stereocenters. The zero-order valence-electron chi connectivity index (χ0n) is 48.7. The molecule has 4 aliphatic rings. The smallest absolute Gasteiger partial charge is 0.308 e. The highest BCUT2D eigenvalue weighted by atomic mass is 16.7. The fourth-order valence-electron chi connectivity index (χ4n) is 10.8. The molecule has 1 unspecified atom stereocenters. The van der Waals surface area contributed by atoms with E-state index in [0.29, 0.717) is 65.2 Å². The number of rotatable bonds is 14. The van der Waals surface area contributed by atoms with Crippen LogP contribution in [0.2, 0.25) is 0 Å². The van der Waals surface area contributed by atoms with Gasteiger partial charge in [-0.1, -0.05) is 98.9 Å². The van der Waals surface area contributed by atoms with Crippen molar-refractivity contribution in [2.45, 2.75) is 196 Å². The Hall–Kier alpha value is -3.60. The van der Waals surface area contributed by atoms with E-state index in [1.165, 1.54) is 0 Å². The lowest BCUT2D eigenvalue weighted by Gasteiger charge is -2.48. The molecule has 3 saturated heterocycles. The molecule has 0 spiro atoms. The van der Waals surface area contributed by atoms with Gasteiger partial charge in [-0.3, -0.25) is 19.4 Å². The first kappa shape index (κ1) is 70.9. The second kappa shape index (κ2) is 37.7. The summed E-state index contributed by atoms with van der Waals surface area (Å²) in [5.41, 5.74) is 11.8. The van der Waals surface area contributed by atoms with E-state index in [1.807, 2.05) is 66.5 Å². The number of aliphatic hydroxyl groups is 10. The van der Waals surface area contributed by atoms with Crippen LogP contribution in [0.4, 0.5) is 0 Å². The van der Waals surface area contributed by atoms with E-state index in [4.69, 9.17) is 35.2 Å². The Labute approximate surface area is 485 Å². The van der Waals surface area contributed by atoms with Crippen molar-refractivity contribution in [3.63, 3.8) is 0 Å². The van der Waals surface area contributed by atoms with Crippen molar-refractivity contribution >= 4 is 11.9 Å². The molecule has 3 fully saturated rings. The van der Waals surface area contributed by atoms with E-state index in [9.17, 15) is 60.7 Å². The summed E-state index contributed by atoms with van der Waals surface area (Å²) < 4.78 is 30.1. The molecule has 0 aromatic rings. The summed E-state index contributed by atoms with van der Waals surface area (Å²) in [7, 11) is 0. The topological polar surface area (TPSA) is 353 Å². The summed E-state index contributed by atoms with van der Waals surface area (Å²) in [5.74, 6) is -5.59. The first-order chi connectivity index (χ1) is 39.2. The average molecular weight is 1160 g/mol. The number of amides is 1. The van der Waals surface area contributed by atoms with E-state index in [-0.39, 0.29) is 38.1 Å². The molecular formula is C60H101N5O17. The third kappa shape index (κ3) is 24.8. The molecule has 22 nitrogen and oxygen atoms in total. The lowest BCUT2D eigenvalue weighted by molar-refractivity contribution is -0.311. The van der Waals surface area contributed by atoms with Gasteiger partial charge in [-0.2, -0.15) is 0 Å². The van der Waals surface area contributed by atoms with Crippen LogP contribution in [0.25, 0.3) is 0 Å². The van der Waals surface area contributed by atoms with Crippen LogP contribution < -0.4 is 16.8 Å². The second-order valence-corrected chi connectivity index (χ2v) is 22.6. The summed E-state index contributed by atoms with van der Waals surface area (Å²) >= 11 is 0. The van der Waals surface area contributed by atoms with E-state index < -0.39 is 147 Å². The van der Waals surface area contributed by atoms with Crippen molar-refractivity contribution in [1.29, 1.82) is 0 Å². The third-order valence-corrected chi connectivity index (χ3v) is 15.7. The predicted molar refractivity (Wildman–Crippen MR) is 309 cm³/mol. The van der Waals surface area contributed by atoms with Crippen molar-refractivity contribution in [3.8, 4) is 0 Å². The number of carbonyl (C=O) groups excluding carboxylic acids is 2. The SMILES string of the molecule is C[C@@H]1[C@H](O)[C@@H](C)/C=C/C=C/C=C/C=C/C=C/C=C/C=C/[C@H](O[C@@H]2O[C@H](C)[C@@H](O)[C@H](N(CCCN)CCCN)[C@@H]2O)CC2O[C@](O)(C[C@@H](O)C[C@@H](O)[C@H](O)CC[C@@H](O)C[C@@H](O)CC(=O)O[C@H]1C)C[C@H](O)[C@H]2C(=O)NCCCN1CCOCC1. The maximum absolute atomic E-state index is 14.3. The lowest BCUT2D eigenvalue weighted by Crippen LogP contribution is -2.64. The fourth-order valence-corrected chi connectivity index (χ4v) is 10.8. The molecule has 0 radical (unpaired) electrons. The zero-order valence-corrected chi connectivity index (χ0v) is 48.7. The fraction of sp³-hybridized carbons (Fsp3) is 0.733. The van der Waals surface area contributed by atoms with Gasteiger partial charge in [-0.25, -0.2) is 0 Å². The number of cyclic esters (lactones) is 1. The molecule has 0 aliphatic carbocycles. The molecule has 4 rings (SSSR count). The van der Waals surface area contributed by atoms with Crippen molar-refractivity contribution in [2.75, 3.05) is 65.6 Å². The summed E-state index contributed by atoms with van der Waals surface area (Å²) in [6.45, 7) is 12.3. The molecule has 468 valence electrons. The van der Waals surface area contributed by atoms with E-state index in [0.717, 1.165) is 13.1 Å². The summed E-state index contributed by atoms with van der Waals surface area (Å²) in [6, 6.07) is -0.850. The van der Waals surface area contributed by atoms with Crippen molar-refractivity contribution in [2.24, 2.45) is 29.2 Å². The van der Waals surface area contributed by atoms with Gasteiger partial charge >= 0.3 is 5.97 Å². The van der Waals surface area contributed by atoms with Crippen LogP contribution in [0.3, 0.4) is 0 Å². The molecular weight excluding hydrogens is 1060 g/mol. The Kier molecular flexibility index (Phi) is 32.6. The van der Waals surface area contributed by atoms with Gasteiger partial charge in [0.25, 0.3) is 0 Å². The number of carbonyl (C=O) groups is 2.